The predicted molar refractivity (Wildman–Crippen MR) is 126 cm³/mol. The van der Waals surface area contributed by atoms with E-state index in [1.54, 1.807) is 35.9 Å². The highest BCUT2D eigenvalue weighted by Crippen LogP contribution is 2.20. The van der Waals surface area contributed by atoms with Crippen LogP contribution >= 0.6 is 11.6 Å². The third-order valence-electron chi connectivity index (χ3n) is 5.15. The summed E-state index contributed by atoms with van der Waals surface area (Å²) < 4.78 is 9.07. The Kier molecular flexibility index (Phi) is 6.71. The van der Waals surface area contributed by atoms with Gasteiger partial charge in [0.25, 0.3) is 5.56 Å². The van der Waals surface area contributed by atoms with Crippen molar-refractivity contribution >= 4 is 34.4 Å². The van der Waals surface area contributed by atoms with Crippen LogP contribution in [0.4, 0.5) is 5.69 Å². The number of nitrogens with zero attached hydrogens (tertiary/aromatic N) is 4. The van der Waals surface area contributed by atoms with Gasteiger partial charge in [-0.2, -0.15) is 0 Å². The van der Waals surface area contributed by atoms with Crippen molar-refractivity contribution in [1.29, 1.82) is 0 Å². The van der Waals surface area contributed by atoms with Gasteiger partial charge < -0.3 is 14.6 Å². The van der Waals surface area contributed by atoms with E-state index < -0.39 is 23.7 Å². The second kappa shape index (κ2) is 9.85. The number of hydrogen-bond donors (Lipinski definition) is 1. The number of hydrogen-bond acceptors (Lipinski definition) is 5. The van der Waals surface area contributed by atoms with Crippen LogP contribution in [0.5, 0.6) is 0 Å². The van der Waals surface area contributed by atoms with Crippen LogP contribution in [0.1, 0.15) is 5.56 Å². The number of amides is 1. The highest BCUT2D eigenvalue weighted by molar-refractivity contribution is 6.33. The van der Waals surface area contributed by atoms with Crippen molar-refractivity contribution in [2.24, 2.45) is 0 Å². The molecule has 0 radical (unpaired) electrons. The normalized spacial score (nSPS) is 11.1. The number of imidazole rings is 1. The van der Waals surface area contributed by atoms with Gasteiger partial charge in [0, 0.05) is 13.7 Å². The number of carbonyl (C=O) groups excluding carboxylic acids is 1. The minimum Gasteiger partial charge on any atom is -0.383 e. The van der Waals surface area contributed by atoms with E-state index in [-0.39, 0.29) is 17.7 Å². The molecule has 0 unspecified atom stereocenters. The summed E-state index contributed by atoms with van der Waals surface area (Å²) in [6, 6.07) is 16.1. The minimum atomic E-state index is -0.623. The van der Waals surface area contributed by atoms with Crippen molar-refractivity contribution in [2.75, 3.05) is 19.0 Å². The van der Waals surface area contributed by atoms with Gasteiger partial charge in [0.05, 0.1) is 30.2 Å². The number of fused-ring (bicyclic) bond motifs is 1. The predicted octanol–water partition coefficient (Wildman–Crippen LogP) is 2.35. The topological polar surface area (TPSA) is 100 Å². The maximum atomic E-state index is 13.3. The summed E-state index contributed by atoms with van der Waals surface area (Å²) in [6.45, 7) is 0.459. The van der Waals surface area contributed by atoms with Crippen LogP contribution in [0.15, 0.2) is 70.5 Å². The molecule has 0 aliphatic rings. The molecule has 4 rings (SSSR count). The zero-order valence-corrected chi connectivity index (χ0v) is 18.7. The number of aromatic nitrogens is 4. The van der Waals surface area contributed by atoms with E-state index >= 15 is 0 Å². The average Bonchev–Trinajstić information content (AvgIpc) is 3.24. The number of methoxy groups -OCH3 is 1. The van der Waals surface area contributed by atoms with Crippen molar-refractivity contribution in [2.45, 2.75) is 19.6 Å². The van der Waals surface area contributed by atoms with Crippen molar-refractivity contribution < 1.29 is 9.53 Å². The number of ether oxygens (including phenoxy) is 1. The Morgan fingerprint density at radius 3 is 2.52 bits per heavy atom. The van der Waals surface area contributed by atoms with Gasteiger partial charge in [-0.25, -0.2) is 14.3 Å². The molecule has 2 heterocycles. The molecule has 0 fully saturated rings. The summed E-state index contributed by atoms with van der Waals surface area (Å²) in [6.07, 6.45) is 1.50. The Hall–Kier alpha value is -3.69. The zero-order chi connectivity index (χ0) is 23.4. The van der Waals surface area contributed by atoms with Gasteiger partial charge >= 0.3 is 5.69 Å². The second-order valence-electron chi connectivity index (χ2n) is 7.38. The Morgan fingerprint density at radius 2 is 1.79 bits per heavy atom. The molecule has 0 saturated heterocycles. The molecule has 0 spiro atoms. The molecule has 4 aromatic rings. The van der Waals surface area contributed by atoms with Gasteiger partial charge in [0.15, 0.2) is 11.2 Å². The average molecular weight is 468 g/mol. The molecule has 1 amide bonds. The summed E-state index contributed by atoms with van der Waals surface area (Å²) in [7, 11) is 1.56. The van der Waals surface area contributed by atoms with Crippen LogP contribution in [0.3, 0.4) is 0 Å². The number of rotatable bonds is 8. The van der Waals surface area contributed by atoms with Gasteiger partial charge in [-0.1, -0.05) is 54.1 Å². The fourth-order valence-electron chi connectivity index (χ4n) is 3.54. The largest absolute Gasteiger partial charge is 0.383 e. The van der Waals surface area contributed by atoms with Gasteiger partial charge in [-0.15, -0.1) is 0 Å². The fourth-order valence-corrected chi connectivity index (χ4v) is 3.72. The van der Waals surface area contributed by atoms with Crippen LogP contribution in [0.2, 0.25) is 5.02 Å². The van der Waals surface area contributed by atoms with Gasteiger partial charge in [0.1, 0.15) is 6.54 Å². The van der Waals surface area contributed by atoms with Crippen LogP contribution in [0.25, 0.3) is 11.2 Å². The molecule has 1 N–H and O–H groups in total. The Morgan fingerprint density at radius 1 is 1.06 bits per heavy atom. The number of para-hydroxylation sites is 1. The number of benzene rings is 2. The summed E-state index contributed by atoms with van der Waals surface area (Å²) in [5.74, 6) is -0.545. The summed E-state index contributed by atoms with van der Waals surface area (Å²) in [4.78, 5) is 43.7. The van der Waals surface area contributed by atoms with E-state index in [1.165, 1.54) is 10.9 Å². The van der Waals surface area contributed by atoms with Crippen LogP contribution in [0, 0.1) is 0 Å². The van der Waals surface area contributed by atoms with E-state index in [1.807, 2.05) is 30.3 Å². The van der Waals surface area contributed by atoms with Gasteiger partial charge in [-0.05, 0) is 17.7 Å². The van der Waals surface area contributed by atoms with Crippen molar-refractivity contribution in [3.63, 3.8) is 0 Å². The van der Waals surface area contributed by atoms with E-state index in [0.29, 0.717) is 23.9 Å². The Bertz CT molecular complexity index is 1410. The highest BCUT2D eigenvalue weighted by atomic mass is 35.5. The maximum Gasteiger partial charge on any atom is 0.333 e. The van der Waals surface area contributed by atoms with E-state index in [0.717, 1.165) is 10.1 Å². The quantitative estimate of drug-likeness (QED) is 0.428. The summed E-state index contributed by atoms with van der Waals surface area (Å²) in [5.41, 5.74) is 0.525. The monoisotopic (exact) mass is 467 g/mol. The van der Waals surface area contributed by atoms with Crippen LogP contribution < -0.4 is 16.6 Å². The molecule has 10 heteroatoms. The van der Waals surface area contributed by atoms with Crippen molar-refractivity contribution in [1.82, 2.24) is 18.7 Å². The molecule has 0 atom stereocenters. The molecule has 0 aliphatic heterocycles. The minimum absolute atomic E-state index is 0.198. The molecule has 0 saturated carbocycles. The first-order valence-corrected chi connectivity index (χ1v) is 10.6. The first-order chi connectivity index (χ1) is 16.0. The molecule has 9 nitrogen and oxygen atoms in total. The fraction of sp³-hybridized carbons (Fsp3) is 0.217. The lowest BCUT2D eigenvalue weighted by Gasteiger charge is -2.13. The molecule has 0 aliphatic carbocycles. The molecule has 33 heavy (non-hydrogen) atoms. The highest BCUT2D eigenvalue weighted by Gasteiger charge is 2.20. The Labute approximate surface area is 193 Å². The zero-order valence-electron chi connectivity index (χ0n) is 17.9. The van der Waals surface area contributed by atoms with E-state index in [9.17, 15) is 14.4 Å². The number of halogens is 1. The molecular weight excluding hydrogens is 446 g/mol. The summed E-state index contributed by atoms with van der Waals surface area (Å²) >= 11 is 6.11. The van der Waals surface area contributed by atoms with E-state index in [2.05, 4.69) is 10.3 Å². The third kappa shape index (κ3) is 4.74. The SMILES string of the molecule is COCCn1cnc2c1c(=O)n(CC(=O)Nc1ccccc1Cl)c(=O)n2Cc1ccccc1. The molecule has 0 bridgehead atoms. The van der Waals surface area contributed by atoms with Gasteiger partial charge in [-0.3, -0.25) is 14.2 Å². The second-order valence-corrected chi connectivity index (χ2v) is 7.78. The lowest BCUT2D eigenvalue weighted by molar-refractivity contribution is -0.116. The van der Waals surface area contributed by atoms with Crippen LogP contribution in [-0.2, 0) is 29.2 Å². The molecule has 2 aromatic heterocycles. The molecule has 2 aromatic carbocycles. The first kappa shape index (κ1) is 22.5. The number of carbonyl (C=O) groups is 1. The standard InChI is InChI=1S/C23H22ClN5O4/c1-33-12-11-27-15-25-21-20(27)22(31)29(14-19(30)26-18-10-6-5-9-17(18)24)23(32)28(21)13-16-7-3-2-4-8-16/h2-10,15H,11-14H2,1H3,(H,26,30). The lowest BCUT2D eigenvalue weighted by atomic mass is 10.2. The van der Waals surface area contributed by atoms with E-state index in [4.69, 9.17) is 16.3 Å². The number of nitrogens with one attached hydrogen (secondary N) is 1. The maximum absolute atomic E-state index is 13.3. The molecular formula is C23H22ClN5O4. The third-order valence-corrected chi connectivity index (χ3v) is 5.48. The number of anilines is 1. The Balaban J connectivity index is 1.79. The smallest absolute Gasteiger partial charge is 0.333 e. The summed E-state index contributed by atoms with van der Waals surface area (Å²) in [5, 5.41) is 3.01. The van der Waals surface area contributed by atoms with Gasteiger partial charge in [0.2, 0.25) is 5.91 Å². The van der Waals surface area contributed by atoms with Crippen molar-refractivity contribution in [3.05, 3.63) is 92.3 Å². The molecule has 170 valence electrons. The van der Waals surface area contributed by atoms with Crippen molar-refractivity contribution in [3.8, 4) is 0 Å². The first-order valence-electron chi connectivity index (χ1n) is 10.3. The van der Waals surface area contributed by atoms with Crippen LogP contribution in [-0.4, -0.2) is 38.3 Å². The lowest BCUT2D eigenvalue weighted by Crippen LogP contribution is -2.43.